The number of thiazole rings is 1. The van der Waals surface area contributed by atoms with Crippen molar-refractivity contribution in [3.05, 3.63) is 48.5 Å². The molecule has 1 N–H and O–H groups in total. The zero-order chi connectivity index (χ0) is 14.7. The van der Waals surface area contributed by atoms with Crippen molar-refractivity contribution >= 4 is 32.8 Å². The van der Waals surface area contributed by atoms with E-state index in [2.05, 4.69) is 10.3 Å². The Balaban J connectivity index is 1.74. The molecule has 0 spiro atoms. The third-order valence-corrected chi connectivity index (χ3v) is 3.69. The monoisotopic (exact) mass is 300 g/mol. The highest BCUT2D eigenvalue weighted by Gasteiger charge is 2.10. The average Bonchev–Trinajstić information content (AvgIpc) is 2.89. The van der Waals surface area contributed by atoms with Gasteiger partial charge >= 0.3 is 6.09 Å². The summed E-state index contributed by atoms with van der Waals surface area (Å²) in [6.45, 7) is 0. The van der Waals surface area contributed by atoms with Crippen molar-refractivity contribution in [2.24, 2.45) is 0 Å². The lowest BCUT2D eigenvalue weighted by molar-refractivity contribution is 0.215. The molecule has 0 unspecified atom stereocenters. The number of carbonyl (C=O) groups is 1. The van der Waals surface area contributed by atoms with Crippen LogP contribution in [0.3, 0.4) is 0 Å². The van der Waals surface area contributed by atoms with Crippen LogP contribution in [-0.4, -0.2) is 18.2 Å². The van der Waals surface area contributed by atoms with Crippen LogP contribution in [0.5, 0.6) is 11.5 Å². The molecule has 0 saturated heterocycles. The SMILES string of the molecule is COc1ccc2nc(NC(=O)Oc3ccccc3)sc2c1. The summed E-state index contributed by atoms with van der Waals surface area (Å²) in [5, 5.41) is 3.11. The summed E-state index contributed by atoms with van der Waals surface area (Å²) in [7, 11) is 1.61. The summed E-state index contributed by atoms with van der Waals surface area (Å²) in [6.07, 6.45) is -0.563. The van der Waals surface area contributed by atoms with Gasteiger partial charge in [-0.2, -0.15) is 0 Å². The van der Waals surface area contributed by atoms with E-state index in [4.69, 9.17) is 9.47 Å². The molecule has 0 saturated carbocycles. The maximum Gasteiger partial charge on any atom is 0.418 e. The zero-order valence-electron chi connectivity index (χ0n) is 11.2. The Kier molecular flexibility index (Phi) is 3.70. The number of anilines is 1. The van der Waals surface area contributed by atoms with Crippen LogP contribution in [0.2, 0.25) is 0 Å². The van der Waals surface area contributed by atoms with Gasteiger partial charge < -0.3 is 9.47 Å². The van der Waals surface area contributed by atoms with Gasteiger partial charge in [0.05, 0.1) is 17.3 Å². The van der Waals surface area contributed by atoms with E-state index in [-0.39, 0.29) is 0 Å². The van der Waals surface area contributed by atoms with Crippen LogP contribution < -0.4 is 14.8 Å². The molecule has 0 radical (unpaired) electrons. The van der Waals surface area contributed by atoms with Gasteiger partial charge in [0, 0.05) is 0 Å². The fourth-order valence-corrected chi connectivity index (χ4v) is 2.67. The van der Waals surface area contributed by atoms with Crippen LogP contribution in [0.4, 0.5) is 9.93 Å². The number of rotatable bonds is 3. The fraction of sp³-hybridized carbons (Fsp3) is 0.0667. The number of methoxy groups -OCH3 is 1. The van der Waals surface area contributed by atoms with Crippen molar-refractivity contribution in [1.29, 1.82) is 0 Å². The van der Waals surface area contributed by atoms with Crippen molar-refractivity contribution in [3.8, 4) is 11.5 Å². The van der Waals surface area contributed by atoms with Crippen LogP contribution in [0.25, 0.3) is 10.2 Å². The third-order valence-electron chi connectivity index (χ3n) is 2.76. The molecule has 1 heterocycles. The number of fused-ring (bicyclic) bond motifs is 1. The van der Waals surface area contributed by atoms with Crippen LogP contribution in [0, 0.1) is 0 Å². The summed E-state index contributed by atoms with van der Waals surface area (Å²) in [4.78, 5) is 16.1. The van der Waals surface area contributed by atoms with E-state index < -0.39 is 6.09 Å². The molecule has 0 aliphatic rings. The molecule has 21 heavy (non-hydrogen) atoms. The van der Waals surface area contributed by atoms with Crippen molar-refractivity contribution in [2.45, 2.75) is 0 Å². The Bertz CT molecular complexity index is 771. The number of para-hydroxylation sites is 1. The number of benzene rings is 2. The standard InChI is InChI=1S/C15H12N2O3S/c1-19-11-7-8-12-13(9-11)21-14(16-12)17-15(18)20-10-5-3-2-4-6-10/h2-9H,1H3,(H,16,17,18). The predicted octanol–water partition coefficient (Wildman–Crippen LogP) is 3.92. The van der Waals surface area contributed by atoms with E-state index in [0.717, 1.165) is 16.0 Å². The van der Waals surface area contributed by atoms with Gasteiger partial charge in [-0.1, -0.05) is 29.5 Å². The number of nitrogens with zero attached hydrogens (tertiary/aromatic N) is 1. The van der Waals surface area contributed by atoms with E-state index >= 15 is 0 Å². The minimum Gasteiger partial charge on any atom is -0.497 e. The quantitative estimate of drug-likeness (QED) is 0.796. The second-order valence-corrected chi connectivity index (χ2v) is 5.21. The summed E-state index contributed by atoms with van der Waals surface area (Å²) in [5.41, 5.74) is 0.802. The molecule has 1 amide bonds. The van der Waals surface area contributed by atoms with E-state index in [1.807, 2.05) is 24.3 Å². The molecule has 2 aromatic carbocycles. The number of carbonyl (C=O) groups excluding carboxylic acids is 1. The third kappa shape index (κ3) is 3.11. The topological polar surface area (TPSA) is 60.5 Å². The van der Waals surface area contributed by atoms with Crippen molar-refractivity contribution in [3.63, 3.8) is 0 Å². The van der Waals surface area contributed by atoms with E-state index in [1.54, 1.807) is 31.4 Å². The van der Waals surface area contributed by atoms with Gasteiger partial charge in [0.25, 0.3) is 0 Å². The van der Waals surface area contributed by atoms with Gasteiger partial charge in [0.2, 0.25) is 0 Å². The summed E-state index contributed by atoms with van der Waals surface area (Å²) < 4.78 is 11.2. The minimum absolute atomic E-state index is 0.484. The Morgan fingerprint density at radius 1 is 1.14 bits per heavy atom. The maximum absolute atomic E-state index is 11.8. The van der Waals surface area contributed by atoms with E-state index in [0.29, 0.717) is 10.9 Å². The molecular weight excluding hydrogens is 288 g/mol. The Labute approximate surface area is 125 Å². The molecule has 0 fully saturated rings. The highest BCUT2D eigenvalue weighted by molar-refractivity contribution is 7.22. The van der Waals surface area contributed by atoms with E-state index in [9.17, 15) is 4.79 Å². The largest absolute Gasteiger partial charge is 0.497 e. The van der Waals surface area contributed by atoms with Crippen LogP contribution in [0.15, 0.2) is 48.5 Å². The fourth-order valence-electron chi connectivity index (χ4n) is 1.79. The molecule has 3 aromatic rings. The van der Waals surface area contributed by atoms with E-state index in [1.165, 1.54) is 11.3 Å². The smallest absolute Gasteiger partial charge is 0.418 e. The number of ether oxygens (including phenoxy) is 2. The molecule has 3 rings (SSSR count). The molecule has 1 aromatic heterocycles. The molecule has 0 aliphatic heterocycles. The van der Waals surface area contributed by atoms with Crippen LogP contribution in [0.1, 0.15) is 0 Å². The van der Waals surface area contributed by atoms with Crippen molar-refractivity contribution in [1.82, 2.24) is 4.98 Å². The lowest BCUT2D eigenvalue weighted by Crippen LogP contribution is -2.16. The number of nitrogens with one attached hydrogen (secondary N) is 1. The molecule has 0 bridgehead atoms. The summed E-state index contributed by atoms with van der Waals surface area (Å²) in [6, 6.07) is 14.4. The molecule has 0 atom stereocenters. The predicted molar refractivity (Wildman–Crippen MR) is 82.3 cm³/mol. The first kappa shape index (κ1) is 13.4. The number of aromatic nitrogens is 1. The molecule has 0 aliphatic carbocycles. The van der Waals surface area contributed by atoms with Gasteiger partial charge in [-0.25, -0.2) is 9.78 Å². The average molecular weight is 300 g/mol. The number of amides is 1. The van der Waals surface area contributed by atoms with Crippen LogP contribution in [-0.2, 0) is 0 Å². The summed E-state index contributed by atoms with van der Waals surface area (Å²) >= 11 is 1.36. The van der Waals surface area contributed by atoms with Crippen molar-refractivity contribution < 1.29 is 14.3 Å². The first-order chi connectivity index (χ1) is 10.2. The van der Waals surface area contributed by atoms with Gasteiger partial charge in [0.15, 0.2) is 5.13 Å². The van der Waals surface area contributed by atoms with Gasteiger partial charge in [0.1, 0.15) is 11.5 Å². The van der Waals surface area contributed by atoms with Gasteiger partial charge in [-0.15, -0.1) is 0 Å². The number of hydrogen-bond acceptors (Lipinski definition) is 5. The second kappa shape index (κ2) is 5.80. The lowest BCUT2D eigenvalue weighted by Gasteiger charge is -2.03. The Hall–Kier alpha value is -2.60. The minimum atomic E-state index is -0.563. The second-order valence-electron chi connectivity index (χ2n) is 4.18. The lowest BCUT2D eigenvalue weighted by atomic mass is 10.3. The summed E-state index contributed by atoms with van der Waals surface area (Å²) in [5.74, 6) is 1.24. The van der Waals surface area contributed by atoms with Gasteiger partial charge in [-0.05, 0) is 30.3 Å². The molecule has 106 valence electrons. The number of hydrogen-bond donors (Lipinski definition) is 1. The Morgan fingerprint density at radius 2 is 1.95 bits per heavy atom. The zero-order valence-corrected chi connectivity index (χ0v) is 12.0. The Morgan fingerprint density at radius 3 is 2.71 bits per heavy atom. The normalized spacial score (nSPS) is 10.3. The first-order valence-corrected chi connectivity index (χ1v) is 7.05. The van der Waals surface area contributed by atoms with Crippen LogP contribution >= 0.6 is 11.3 Å². The first-order valence-electron chi connectivity index (χ1n) is 6.23. The highest BCUT2D eigenvalue weighted by Crippen LogP contribution is 2.29. The molecule has 6 heteroatoms. The van der Waals surface area contributed by atoms with Gasteiger partial charge in [-0.3, -0.25) is 5.32 Å². The highest BCUT2D eigenvalue weighted by atomic mass is 32.1. The molecular formula is C15H12N2O3S. The maximum atomic E-state index is 11.8. The molecule has 5 nitrogen and oxygen atoms in total. The van der Waals surface area contributed by atoms with Crippen molar-refractivity contribution in [2.75, 3.05) is 12.4 Å².